The van der Waals surface area contributed by atoms with Crippen LogP contribution in [0.25, 0.3) is 0 Å². The Morgan fingerprint density at radius 1 is 1.10 bits per heavy atom. The molecule has 20 heavy (non-hydrogen) atoms. The minimum absolute atomic E-state index is 0.190. The van der Waals surface area contributed by atoms with Crippen LogP contribution in [0.4, 0.5) is 0 Å². The van der Waals surface area contributed by atoms with Crippen molar-refractivity contribution < 1.29 is 4.74 Å². The molecule has 0 spiro atoms. The van der Waals surface area contributed by atoms with Crippen LogP contribution in [0.15, 0.2) is 42.5 Å². The van der Waals surface area contributed by atoms with Crippen LogP contribution in [-0.4, -0.2) is 6.04 Å². The topological polar surface area (TPSA) is 35.2 Å². The maximum absolute atomic E-state index is 6.17. The van der Waals surface area contributed by atoms with Gasteiger partial charge >= 0.3 is 0 Å². The summed E-state index contributed by atoms with van der Waals surface area (Å²) in [4.78, 5) is 0. The molecule has 2 aromatic rings. The van der Waals surface area contributed by atoms with Gasteiger partial charge in [0, 0.05) is 11.1 Å². The number of halogens is 2. The van der Waals surface area contributed by atoms with Gasteiger partial charge in [-0.1, -0.05) is 41.4 Å². The first-order valence-electron chi connectivity index (χ1n) is 6.41. The summed E-state index contributed by atoms with van der Waals surface area (Å²) in [6.45, 7) is 3.89. The van der Waals surface area contributed by atoms with Crippen LogP contribution >= 0.6 is 23.2 Å². The van der Waals surface area contributed by atoms with E-state index in [0.29, 0.717) is 15.8 Å². The summed E-state index contributed by atoms with van der Waals surface area (Å²) < 4.78 is 6.01. The Balaban J connectivity index is 2.33. The standard InChI is InChI=1S/C16H17Cl2NO/c1-10-6-7-14(18)15(8-10)20-16(11(2)19)12-4-3-5-13(17)9-12/h3-9,11,16H,19H2,1-2H3. The summed E-state index contributed by atoms with van der Waals surface area (Å²) >= 11 is 12.2. The van der Waals surface area contributed by atoms with E-state index in [4.69, 9.17) is 33.7 Å². The van der Waals surface area contributed by atoms with E-state index < -0.39 is 0 Å². The van der Waals surface area contributed by atoms with Crippen LogP contribution in [-0.2, 0) is 0 Å². The fraction of sp³-hybridized carbons (Fsp3) is 0.250. The molecule has 2 unspecified atom stereocenters. The third kappa shape index (κ3) is 3.66. The Hall–Kier alpha value is -1.22. The van der Waals surface area contributed by atoms with Gasteiger partial charge in [-0.15, -0.1) is 0 Å². The van der Waals surface area contributed by atoms with Crippen LogP contribution in [0.3, 0.4) is 0 Å². The number of rotatable bonds is 4. The van der Waals surface area contributed by atoms with Gasteiger partial charge in [-0.3, -0.25) is 0 Å². The van der Waals surface area contributed by atoms with Gasteiger partial charge < -0.3 is 10.5 Å². The van der Waals surface area contributed by atoms with Crippen LogP contribution in [0.2, 0.25) is 10.0 Å². The van der Waals surface area contributed by atoms with Crippen LogP contribution in [0, 0.1) is 6.92 Å². The van der Waals surface area contributed by atoms with Crippen LogP contribution < -0.4 is 10.5 Å². The van der Waals surface area contributed by atoms with E-state index in [1.54, 1.807) is 0 Å². The van der Waals surface area contributed by atoms with E-state index in [0.717, 1.165) is 11.1 Å². The van der Waals surface area contributed by atoms with Crippen molar-refractivity contribution >= 4 is 23.2 Å². The van der Waals surface area contributed by atoms with Gasteiger partial charge in [0.25, 0.3) is 0 Å². The molecule has 2 atom stereocenters. The van der Waals surface area contributed by atoms with E-state index in [1.807, 2.05) is 56.3 Å². The second kappa shape index (κ2) is 6.49. The molecule has 0 heterocycles. The summed E-state index contributed by atoms with van der Waals surface area (Å²) in [5.74, 6) is 0.633. The smallest absolute Gasteiger partial charge is 0.139 e. The molecule has 106 valence electrons. The second-order valence-corrected chi connectivity index (χ2v) is 5.73. The molecule has 2 N–H and O–H groups in total. The monoisotopic (exact) mass is 309 g/mol. The Morgan fingerprint density at radius 3 is 2.50 bits per heavy atom. The van der Waals surface area contributed by atoms with Gasteiger partial charge in [-0.25, -0.2) is 0 Å². The number of hydrogen-bond acceptors (Lipinski definition) is 2. The summed E-state index contributed by atoms with van der Waals surface area (Å²) in [6, 6.07) is 13.0. The lowest BCUT2D eigenvalue weighted by molar-refractivity contribution is 0.180. The highest BCUT2D eigenvalue weighted by Crippen LogP contribution is 2.31. The van der Waals surface area contributed by atoms with Crippen LogP contribution in [0.1, 0.15) is 24.2 Å². The van der Waals surface area contributed by atoms with E-state index in [-0.39, 0.29) is 12.1 Å². The van der Waals surface area contributed by atoms with Crippen molar-refractivity contribution in [2.24, 2.45) is 5.73 Å². The van der Waals surface area contributed by atoms with Crippen molar-refractivity contribution in [1.29, 1.82) is 0 Å². The zero-order valence-corrected chi connectivity index (χ0v) is 12.9. The lowest BCUT2D eigenvalue weighted by Crippen LogP contribution is -2.29. The van der Waals surface area contributed by atoms with Crippen molar-refractivity contribution in [3.8, 4) is 5.75 Å². The summed E-state index contributed by atoms with van der Waals surface area (Å²) in [7, 11) is 0. The van der Waals surface area contributed by atoms with Crippen LogP contribution in [0.5, 0.6) is 5.75 Å². The van der Waals surface area contributed by atoms with E-state index >= 15 is 0 Å². The average Bonchev–Trinajstić information content (AvgIpc) is 2.39. The Bertz CT molecular complexity index is 599. The molecule has 0 aliphatic carbocycles. The lowest BCUT2D eigenvalue weighted by Gasteiger charge is -2.24. The molecular weight excluding hydrogens is 293 g/mol. The number of benzene rings is 2. The quantitative estimate of drug-likeness (QED) is 0.883. The van der Waals surface area contributed by atoms with Crippen molar-refractivity contribution in [2.75, 3.05) is 0 Å². The third-order valence-electron chi connectivity index (χ3n) is 3.00. The number of aryl methyl sites for hydroxylation is 1. The molecule has 0 aliphatic heterocycles. The predicted octanol–water partition coefficient (Wildman–Crippen LogP) is 4.77. The first kappa shape index (κ1) is 15.2. The Labute approximate surface area is 129 Å². The molecule has 0 fully saturated rings. The van der Waals surface area contributed by atoms with E-state index in [9.17, 15) is 0 Å². The molecule has 0 aromatic heterocycles. The molecule has 4 heteroatoms. The second-order valence-electron chi connectivity index (χ2n) is 4.89. The fourth-order valence-electron chi connectivity index (χ4n) is 2.00. The highest BCUT2D eigenvalue weighted by atomic mass is 35.5. The van der Waals surface area contributed by atoms with Crippen molar-refractivity contribution in [2.45, 2.75) is 26.0 Å². The van der Waals surface area contributed by atoms with Gasteiger partial charge in [0.05, 0.1) is 5.02 Å². The van der Waals surface area contributed by atoms with Gasteiger partial charge in [-0.05, 0) is 49.2 Å². The molecule has 0 bridgehead atoms. The predicted molar refractivity (Wildman–Crippen MR) is 84.7 cm³/mol. The largest absolute Gasteiger partial charge is 0.483 e. The fourth-order valence-corrected chi connectivity index (χ4v) is 2.36. The SMILES string of the molecule is Cc1ccc(Cl)c(OC(c2cccc(Cl)c2)C(C)N)c1. The molecule has 0 saturated heterocycles. The molecule has 2 aromatic carbocycles. The molecule has 0 amide bonds. The van der Waals surface area contributed by atoms with Gasteiger partial charge in [0.2, 0.25) is 0 Å². The van der Waals surface area contributed by atoms with E-state index in [1.165, 1.54) is 0 Å². The van der Waals surface area contributed by atoms with Crippen molar-refractivity contribution in [1.82, 2.24) is 0 Å². The van der Waals surface area contributed by atoms with Gasteiger partial charge in [0.15, 0.2) is 0 Å². The zero-order valence-electron chi connectivity index (χ0n) is 11.4. The molecule has 2 nitrogen and oxygen atoms in total. The normalized spacial score (nSPS) is 13.8. The first-order valence-corrected chi connectivity index (χ1v) is 7.17. The highest BCUT2D eigenvalue weighted by Gasteiger charge is 2.19. The molecule has 0 radical (unpaired) electrons. The minimum Gasteiger partial charge on any atom is -0.483 e. The highest BCUT2D eigenvalue weighted by molar-refractivity contribution is 6.32. The summed E-state index contributed by atoms with van der Waals surface area (Å²) in [6.07, 6.45) is -0.298. The Kier molecular flexibility index (Phi) is 4.92. The summed E-state index contributed by atoms with van der Waals surface area (Å²) in [5.41, 5.74) is 8.06. The Morgan fingerprint density at radius 2 is 1.85 bits per heavy atom. The third-order valence-corrected chi connectivity index (χ3v) is 3.54. The van der Waals surface area contributed by atoms with E-state index in [2.05, 4.69) is 0 Å². The van der Waals surface area contributed by atoms with Gasteiger partial charge in [0.1, 0.15) is 11.9 Å². The number of nitrogens with two attached hydrogens (primary N) is 1. The molecular formula is C16H17Cl2NO. The molecule has 0 saturated carbocycles. The first-order chi connectivity index (χ1) is 9.47. The molecule has 2 rings (SSSR count). The minimum atomic E-state index is -0.298. The van der Waals surface area contributed by atoms with Gasteiger partial charge in [-0.2, -0.15) is 0 Å². The van der Waals surface area contributed by atoms with Crippen molar-refractivity contribution in [3.05, 3.63) is 63.6 Å². The number of ether oxygens (including phenoxy) is 1. The van der Waals surface area contributed by atoms with Crippen molar-refractivity contribution in [3.63, 3.8) is 0 Å². The maximum atomic E-state index is 6.17. The lowest BCUT2D eigenvalue weighted by atomic mass is 10.0. The summed E-state index contributed by atoms with van der Waals surface area (Å²) in [5, 5.41) is 1.23. The average molecular weight is 310 g/mol. The number of hydrogen-bond donors (Lipinski definition) is 1. The maximum Gasteiger partial charge on any atom is 0.139 e. The molecule has 0 aliphatic rings. The zero-order chi connectivity index (χ0) is 14.7.